The standard InChI is InChI=1S/C20H31N3O/c1-19(2)12-16(13-20(3,4)22-19)23-11-7-8-15(14-23)18(24)17-9-5-6-10-21-17/h5-6,9-10,15-16,22H,7-8,11-14H2,1-4H3/t15-/m0/s1. The van der Waals surface area contributed by atoms with E-state index < -0.39 is 0 Å². The molecule has 0 spiro atoms. The van der Waals surface area contributed by atoms with Gasteiger partial charge in [-0.2, -0.15) is 0 Å². The summed E-state index contributed by atoms with van der Waals surface area (Å²) in [7, 11) is 0. The van der Waals surface area contributed by atoms with Crippen LogP contribution in [0.1, 0.15) is 63.9 Å². The first-order valence-corrected chi connectivity index (χ1v) is 9.24. The lowest BCUT2D eigenvalue weighted by Gasteiger charge is -2.51. The van der Waals surface area contributed by atoms with E-state index in [-0.39, 0.29) is 22.8 Å². The van der Waals surface area contributed by atoms with Crippen LogP contribution in [0.5, 0.6) is 0 Å². The highest BCUT2D eigenvalue weighted by Crippen LogP contribution is 2.34. The third kappa shape index (κ3) is 4.04. The van der Waals surface area contributed by atoms with E-state index in [9.17, 15) is 4.79 Å². The van der Waals surface area contributed by atoms with Crippen LogP contribution >= 0.6 is 0 Å². The zero-order valence-electron chi connectivity index (χ0n) is 15.5. The average molecular weight is 329 g/mol. The van der Waals surface area contributed by atoms with Gasteiger partial charge in [0, 0.05) is 35.8 Å². The Morgan fingerprint density at radius 2 is 1.92 bits per heavy atom. The Morgan fingerprint density at radius 3 is 2.54 bits per heavy atom. The number of nitrogens with one attached hydrogen (secondary N) is 1. The second-order valence-electron chi connectivity index (χ2n) is 8.87. The molecule has 1 aromatic rings. The summed E-state index contributed by atoms with van der Waals surface area (Å²) in [5.41, 5.74) is 0.907. The smallest absolute Gasteiger partial charge is 0.185 e. The lowest BCUT2D eigenvalue weighted by atomic mass is 9.78. The van der Waals surface area contributed by atoms with Gasteiger partial charge in [-0.1, -0.05) is 6.07 Å². The van der Waals surface area contributed by atoms with Crippen LogP contribution in [0.3, 0.4) is 0 Å². The fourth-order valence-electron chi connectivity index (χ4n) is 4.80. The minimum absolute atomic E-state index is 0.0924. The molecular formula is C20H31N3O. The van der Waals surface area contributed by atoms with Crippen LogP contribution in [0, 0.1) is 5.92 Å². The molecule has 1 N–H and O–H groups in total. The highest BCUT2D eigenvalue weighted by molar-refractivity contribution is 5.96. The minimum Gasteiger partial charge on any atom is -0.307 e. The number of likely N-dealkylation sites (tertiary alicyclic amines) is 1. The van der Waals surface area contributed by atoms with Gasteiger partial charge < -0.3 is 5.32 Å². The normalized spacial score (nSPS) is 27.8. The van der Waals surface area contributed by atoms with Crippen molar-refractivity contribution in [1.82, 2.24) is 15.2 Å². The molecule has 0 bridgehead atoms. The molecule has 1 aromatic heterocycles. The monoisotopic (exact) mass is 329 g/mol. The fraction of sp³-hybridized carbons (Fsp3) is 0.700. The number of ketones is 1. The molecule has 0 radical (unpaired) electrons. The topological polar surface area (TPSA) is 45.2 Å². The van der Waals surface area contributed by atoms with Crippen molar-refractivity contribution in [2.45, 2.75) is 70.5 Å². The van der Waals surface area contributed by atoms with Crippen molar-refractivity contribution in [2.75, 3.05) is 13.1 Å². The Bertz CT molecular complexity index is 566. The third-order valence-electron chi connectivity index (χ3n) is 5.43. The minimum atomic E-state index is 0.0924. The predicted octanol–water partition coefficient (Wildman–Crippen LogP) is 3.29. The summed E-state index contributed by atoms with van der Waals surface area (Å²) in [6.45, 7) is 11.2. The first-order chi connectivity index (χ1) is 11.3. The van der Waals surface area contributed by atoms with E-state index in [1.807, 2.05) is 18.2 Å². The van der Waals surface area contributed by atoms with Crippen molar-refractivity contribution in [2.24, 2.45) is 5.92 Å². The molecule has 4 nitrogen and oxygen atoms in total. The number of piperidine rings is 2. The van der Waals surface area contributed by atoms with Gasteiger partial charge in [-0.25, -0.2) is 0 Å². The lowest BCUT2D eigenvalue weighted by molar-refractivity contribution is 0.0375. The second kappa shape index (κ2) is 6.57. The van der Waals surface area contributed by atoms with Gasteiger partial charge in [0.2, 0.25) is 0 Å². The third-order valence-corrected chi connectivity index (χ3v) is 5.43. The number of hydrogen-bond acceptors (Lipinski definition) is 4. The Labute approximate surface area is 146 Å². The molecule has 24 heavy (non-hydrogen) atoms. The maximum absolute atomic E-state index is 12.8. The molecular weight excluding hydrogens is 298 g/mol. The SMILES string of the molecule is CC1(C)CC(N2CCC[C@H](C(=O)c3ccccn3)C2)CC(C)(C)N1. The van der Waals surface area contributed by atoms with Gasteiger partial charge in [0.15, 0.2) is 5.78 Å². The van der Waals surface area contributed by atoms with Crippen molar-refractivity contribution < 1.29 is 4.79 Å². The maximum atomic E-state index is 12.8. The molecule has 3 heterocycles. The Hall–Kier alpha value is -1.26. The van der Waals surface area contributed by atoms with Crippen LogP contribution < -0.4 is 5.32 Å². The maximum Gasteiger partial charge on any atom is 0.185 e. The zero-order valence-corrected chi connectivity index (χ0v) is 15.5. The van der Waals surface area contributed by atoms with Gasteiger partial charge in [-0.05, 0) is 72.1 Å². The number of Topliss-reactive ketones (excluding diaryl/α,β-unsaturated/α-hetero) is 1. The van der Waals surface area contributed by atoms with Crippen molar-refractivity contribution >= 4 is 5.78 Å². The van der Waals surface area contributed by atoms with Crippen LogP contribution in [0.4, 0.5) is 0 Å². The molecule has 0 aliphatic carbocycles. The van der Waals surface area contributed by atoms with Crippen LogP contribution in [-0.4, -0.2) is 45.9 Å². The van der Waals surface area contributed by atoms with E-state index in [1.165, 1.54) is 0 Å². The Balaban J connectivity index is 1.70. The van der Waals surface area contributed by atoms with Crippen LogP contribution in [-0.2, 0) is 0 Å². The molecule has 0 saturated carbocycles. The number of hydrogen-bond donors (Lipinski definition) is 1. The van der Waals surface area contributed by atoms with E-state index in [2.05, 4.69) is 42.9 Å². The van der Waals surface area contributed by atoms with Gasteiger partial charge in [-0.15, -0.1) is 0 Å². The van der Waals surface area contributed by atoms with Crippen molar-refractivity contribution in [3.05, 3.63) is 30.1 Å². The van der Waals surface area contributed by atoms with E-state index in [1.54, 1.807) is 6.20 Å². The summed E-state index contributed by atoms with van der Waals surface area (Å²) < 4.78 is 0. The van der Waals surface area contributed by atoms with Crippen molar-refractivity contribution in [3.63, 3.8) is 0 Å². The van der Waals surface area contributed by atoms with Crippen LogP contribution in [0.15, 0.2) is 24.4 Å². The van der Waals surface area contributed by atoms with E-state index >= 15 is 0 Å². The molecule has 3 rings (SSSR count). The molecule has 2 aliphatic rings. The van der Waals surface area contributed by atoms with Gasteiger partial charge in [0.05, 0.1) is 0 Å². The molecule has 132 valence electrons. The Morgan fingerprint density at radius 1 is 1.21 bits per heavy atom. The molecule has 2 fully saturated rings. The molecule has 0 unspecified atom stereocenters. The predicted molar refractivity (Wildman–Crippen MR) is 97.2 cm³/mol. The number of aromatic nitrogens is 1. The summed E-state index contributed by atoms with van der Waals surface area (Å²) in [4.78, 5) is 19.6. The molecule has 0 aromatic carbocycles. The molecule has 2 aliphatic heterocycles. The van der Waals surface area contributed by atoms with Crippen molar-refractivity contribution in [1.29, 1.82) is 0 Å². The highest BCUT2D eigenvalue weighted by atomic mass is 16.1. The summed E-state index contributed by atoms with van der Waals surface area (Å²) in [5.74, 6) is 0.308. The largest absolute Gasteiger partial charge is 0.307 e. The lowest BCUT2D eigenvalue weighted by Crippen LogP contribution is -2.63. The molecule has 0 amide bonds. The van der Waals surface area contributed by atoms with Crippen LogP contribution in [0.2, 0.25) is 0 Å². The van der Waals surface area contributed by atoms with Crippen LogP contribution in [0.25, 0.3) is 0 Å². The van der Waals surface area contributed by atoms with E-state index in [0.29, 0.717) is 11.7 Å². The number of pyridine rings is 1. The number of carbonyl (C=O) groups excluding carboxylic acids is 1. The highest BCUT2D eigenvalue weighted by Gasteiger charge is 2.41. The van der Waals surface area contributed by atoms with E-state index in [4.69, 9.17) is 0 Å². The summed E-state index contributed by atoms with van der Waals surface area (Å²) in [6.07, 6.45) is 6.09. The fourth-order valence-corrected chi connectivity index (χ4v) is 4.80. The summed E-state index contributed by atoms with van der Waals surface area (Å²) in [5, 5.41) is 3.76. The molecule has 2 saturated heterocycles. The van der Waals surface area contributed by atoms with Gasteiger partial charge >= 0.3 is 0 Å². The molecule has 1 atom stereocenters. The van der Waals surface area contributed by atoms with Crippen molar-refractivity contribution in [3.8, 4) is 0 Å². The molecule has 4 heteroatoms. The second-order valence-corrected chi connectivity index (χ2v) is 8.87. The number of nitrogens with zero attached hydrogens (tertiary/aromatic N) is 2. The Kier molecular flexibility index (Phi) is 4.80. The van der Waals surface area contributed by atoms with Gasteiger partial charge in [0.25, 0.3) is 0 Å². The first-order valence-electron chi connectivity index (χ1n) is 9.24. The number of carbonyl (C=O) groups is 1. The quantitative estimate of drug-likeness (QED) is 0.865. The summed E-state index contributed by atoms with van der Waals surface area (Å²) in [6, 6.07) is 6.16. The average Bonchev–Trinajstić information content (AvgIpc) is 2.52. The number of rotatable bonds is 3. The van der Waals surface area contributed by atoms with Gasteiger partial charge in [0.1, 0.15) is 5.69 Å². The van der Waals surface area contributed by atoms with E-state index in [0.717, 1.165) is 38.8 Å². The summed E-state index contributed by atoms with van der Waals surface area (Å²) >= 11 is 0. The first kappa shape index (κ1) is 17.6. The zero-order chi connectivity index (χ0) is 17.4. The van der Waals surface area contributed by atoms with Gasteiger partial charge in [-0.3, -0.25) is 14.7 Å².